The van der Waals surface area contributed by atoms with E-state index >= 15 is 0 Å². The molecular formula is C15H15N3O3. The smallest absolute Gasteiger partial charge is 0.336 e. The molecule has 2 heterocycles. The maximum Gasteiger partial charge on any atom is 0.336 e. The second kappa shape index (κ2) is 5.78. The first-order chi connectivity index (χ1) is 10.3. The van der Waals surface area contributed by atoms with Crippen LogP contribution in [0, 0.1) is 0 Å². The van der Waals surface area contributed by atoms with Gasteiger partial charge < -0.3 is 9.15 Å². The van der Waals surface area contributed by atoms with Crippen LogP contribution in [0.2, 0.25) is 0 Å². The van der Waals surface area contributed by atoms with Gasteiger partial charge in [-0.2, -0.15) is 5.10 Å². The number of hydrogen-bond donors (Lipinski definition) is 0. The molecule has 0 aliphatic carbocycles. The molecule has 0 N–H and O–H groups in total. The molecular weight excluding hydrogens is 270 g/mol. The molecule has 0 saturated heterocycles. The van der Waals surface area contributed by atoms with E-state index in [4.69, 9.17) is 9.15 Å². The summed E-state index contributed by atoms with van der Waals surface area (Å²) in [7, 11) is 0. The first-order valence-electron chi connectivity index (χ1n) is 6.78. The van der Waals surface area contributed by atoms with Crippen LogP contribution in [0.25, 0.3) is 11.0 Å². The Balaban J connectivity index is 1.79. The van der Waals surface area contributed by atoms with Crippen LogP contribution < -0.4 is 10.4 Å². The Bertz CT molecular complexity index is 794. The van der Waals surface area contributed by atoms with Gasteiger partial charge in [0.25, 0.3) is 0 Å². The predicted molar refractivity (Wildman–Crippen MR) is 77.4 cm³/mol. The lowest BCUT2D eigenvalue weighted by Gasteiger charge is -2.08. The van der Waals surface area contributed by atoms with Crippen LogP contribution in [0.5, 0.6) is 5.75 Å². The summed E-state index contributed by atoms with van der Waals surface area (Å²) in [5.74, 6) is 0.666. The Kier molecular flexibility index (Phi) is 3.68. The first kappa shape index (κ1) is 13.4. The van der Waals surface area contributed by atoms with Crippen LogP contribution in [-0.4, -0.2) is 21.4 Å². The van der Waals surface area contributed by atoms with E-state index in [1.807, 2.05) is 19.1 Å². The van der Waals surface area contributed by atoms with Crippen LogP contribution in [0.4, 0.5) is 0 Å². The van der Waals surface area contributed by atoms with Crippen molar-refractivity contribution in [3.8, 4) is 5.75 Å². The van der Waals surface area contributed by atoms with Crippen LogP contribution >= 0.6 is 0 Å². The minimum atomic E-state index is -0.334. The summed E-state index contributed by atoms with van der Waals surface area (Å²) >= 11 is 0. The molecule has 3 rings (SSSR count). The summed E-state index contributed by atoms with van der Waals surface area (Å²) in [6.45, 7) is 3.08. The molecule has 0 aliphatic heterocycles. The zero-order valence-electron chi connectivity index (χ0n) is 11.7. The summed E-state index contributed by atoms with van der Waals surface area (Å²) in [5, 5.41) is 4.94. The van der Waals surface area contributed by atoms with Crippen molar-refractivity contribution in [1.82, 2.24) is 14.8 Å². The highest BCUT2D eigenvalue weighted by Crippen LogP contribution is 2.22. The van der Waals surface area contributed by atoms with E-state index in [-0.39, 0.29) is 5.63 Å². The maximum absolute atomic E-state index is 11.5. The van der Waals surface area contributed by atoms with Gasteiger partial charge in [0.05, 0.1) is 6.54 Å². The average molecular weight is 285 g/mol. The highest BCUT2D eigenvalue weighted by Gasteiger charge is 2.06. The van der Waals surface area contributed by atoms with Gasteiger partial charge in [-0.25, -0.2) is 14.5 Å². The molecule has 0 aliphatic rings. The van der Waals surface area contributed by atoms with E-state index in [1.165, 1.54) is 12.4 Å². The van der Waals surface area contributed by atoms with Crippen molar-refractivity contribution >= 4 is 11.0 Å². The minimum absolute atomic E-state index is 0.334. The number of rotatable bonds is 5. The van der Waals surface area contributed by atoms with Crippen molar-refractivity contribution in [2.24, 2.45) is 0 Å². The summed E-state index contributed by atoms with van der Waals surface area (Å²) < 4.78 is 12.6. The molecule has 6 nitrogen and oxygen atoms in total. The second-order valence-corrected chi connectivity index (χ2v) is 4.61. The molecule has 6 heteroatoms. The summed E-state index contributed by atoms with van der Waals surface area (Å²) in [4.78, 5) is 15.4. The Morgan fingerprint density at radius 2 is 2.24 bits per heavy atom. The van der Waals surface area contributed by atoms with Crippen LogP contribution in [-0.2, 0) is 13.0 Å². The largest absolute Gasteiger partial charge is 0.492 e. The van der Waals surface area contributed by atoms with Crippen LogP contribution in [0.1, 0.15) is 12.5 Å². The standard InChI is InChI=1S/C15H15N3O3/c1-2-11-7-15(19)21-14-8-12(3-4-13(11)14)20-6-5-18-10-16-9-17-18/h3-4,7-10H,2,5-6H2,1H3. The van der Waals surface area contributed by atoms with E-state index in [0.29, 0.717) is 24.5 Å². The van der Waals surface area contributed by atoms with Gasteiger partial charge >= 0.3 is 5.63 Å². The molecule has 0 fully saturated rings. The fraction of sp³-hybridized carbons (Fsp3) is 0.267. The van der Waals surface area contributed by atoms with Crippen molar-refractivity contribution in [1.29, 1.82) is 0 Å². The van der Waals surface area contributed by atoms with Crippen molar-refractivity contribution in [3.05, 3.63) is 52.9 Å². The van der Waals surface area contributed by atoms with Gasteiger partial charge in [-0.05, 0) is 24.1 Å². The monoisotopic (exact) mass is 285 g/mol. The maximum atomic E-state index is 11.5. The molecule has 0 spiro atoms. The number of fused-ring (bicyclic) bond motifs is 1. The summed E-state index contributed by atoms with van der Waals surface area (Å²) in [6.07, 6.45) is 3.90. The number of benzene rings is 1. The third-order valence-corrected chi connectivity index (χ3v) is 3.24. The van der Waals surface area contributed by atoms with Crippen LogP contribution in [0.15, 0.2) is 46.1 Å². The lowest BCUT2D eigenvalue weighted by molar-refractivity contribution is 0.291. The zero-order valence-corrected chi connectivity index (χ0v) is 11.7. The molecule has 1 aromatic carbocycles. The highest BCUT2D eigenvalue weighted by atomic mass is 16.5. The summed E-state index contributed by atoms with van der Waals surface area (Å²) in [5.41, 5.74) is 1.20. The van der Waals surface area contributed by atoms with Gasteiger partial charge in [-0.15, -0.1) is 0 Å². The van der Waals surface area contributed by atoms with E-state index in [1.54, 1.807) is 17.1 Å². The molecule has 0 saturated carbocycles. The third kappa shape index (κ3) is 2.94. The Morgan fingerprint density at radius 1 is 1.33 bits per heavy atom. The van der Waals surface area contributed by atoms with Gasteiger partial charge in [0.1, 0.15) is 30.6 Å². The van der Waals surface area contributed by atoms with E-state index in [2.05, 4.69) is 10.1 Å². The van der Waals surface area contributed by atoms with Crippen molar-refractivity contribution in [2.45, 2.75) is 19.9 Å². The lowest BCUT2D eigenvalue weighted by Crippen LogP contribution is -2.08. The van der Waals surface area contributed by atoms with E-state index in [0.717, 1.165) is 17.4 Å². The predicted octanol–water partition coefficient (Wildman–Crippen LogP) is 2.03. The van der Waals surface area contributed by atoms with Crippen LogP contribution in [0.3, 0.4) is 0 Å². The molecule has 0 unspecified atom stereocenters. The molecule has 2 aromatic heterocycles. The van der Waals surface area contributed by atoms with Gasteiger partial charge in [0, 0.05) is 17.5 Å². The molecule has 0 amide bonds. The Labute approximate surface area is 121 Å². The van der Waals surface area contributed by atoms with Gasteiger partial charge in [0.15, 0.2) is 0 Å². The zero-order chi connectivity index (χ0) is 14.7. The van der Waals surface area contributed by atoms with Gasteiger partial charge in [-0.3, -0.25) is 0 Å². The lowest BCUT2D eigenvalue weighted by atomic mass is 10.1. The molecule has 0 bridgehead atoms. The minimum Gasteiger partial charge on any atom is -0.492 e. The molecule has 108 valence electrons. The van der Waals surface area contributed by atoms with Crippen molar-refractivity contribution in [2.75, 3.05) is 6.61 Å². The number of hydrogen-bond acceptors (Lipinski definition) is 5. The molecule has 3 aromatic rings. The van der Waals surface area contributed by atoms with Crippen molar-refractivity contribution in [3.63, 3.8) is 0 Å². The summed E-state index contributed by atoms with van der Waals surface area (Å²) in [6, 6.07) is 7.08. The third-order valence-electron chi connectivity index (χ3n) is 3.24. The molecule has 21 heavy (non-hydrogen) atoms. The first-order valence-corrected chi connectivity index (χ1v) is 6.78. The average Bonchev–Trinajstić information content (AvgIpc) is 2.99. The SMILES string of the molecule is CCc1cc(=O)oc2cc(OCCn3cncn3)ccc12. The highest BCUT2D eigenvalue weighted by molar-refractivity contribution is 5.81. The fourth-order valence-electron chi connectivity index (χ4n) is 2.20. The Hall–Kier alpha value is -2.63. The van der Waals surface area contributed by atoms with E-state index < -0.39 is 0 Å². The number of aromatic nitrogens is 3. The number of aryl methyl sites for hydroxylation is 1. The fourth-order valence-corrected chi connectivity index (χ4v) is 2.20. The van der Waals surface area contributed by atoms with Gasteiger partial charge in [-0.1, -0.05) is 6.92 Å². The quantitative estimate of drug-likeness (QED) is 0.671. The second-order valence-electron chi connectivity index (χ2n) is 4.61. The number of nitrogens with zero attached hydrogens (tertiary/aromatic N) is 3. The molecule has 0 atom stereocenters. The molecule has 0 radical (unpaired) electrons. The number of ether oxygens (including phenoxy) is 1. The van der Waals surface area contributed by atoms with Crippen molar-refractivity contribution < 1.29 is 9.15 Å². The Morgan fingerprint density at radius 3 is 3.00 bits per heavy atom. The topological polar surface area (TPSA) is 70.2 Å². The van der Waals surface area contributed by atoms with Gasteiger partial charge in [0.2, 0.25) is 0 Å². The van der Waals surface area contributed by atoms with E-state index in [9.17, 15) is 4.79 Å². The normalized spacial score (nSPS) is 10.9.